The number of nitrogens with zero attached hydrogens (tertiary/aromatic N) is 1. The van der Waals surface area contributed by atoms with Crippen LogP contribution in [0, 0.1) is 0 Å². The van der Waals surface area contributed by atoms with Crippen LogP contribution in [0.5, 0.6) is 0 Å². The second-order valence-electron chi connectivity index (χ2n) is 4.48. The molecular weight excluding hydrogens is 277 g/mol. The summed E-state index contributed by atoms with van der Waals surface area (Å²) >= 11 is 0. The summed E-state index contributed by atoms with van der Waals surface area (Å²) in [6.07, 6.45) is 1.54. The van der Waals surface area contributed by atoms with Gasteiger partial charge in [0.25, 0.3) is 11.8 Å². The Kier molecular flexibility index (Phi) is 4.21. The van der Waals surface area contributed by atoms with Gasteiger partial charge in [-0.25, -0.2) is 0 Å². The van der Waals surface area contributed by atoms with Crippen LogP contribution in [0.2, 0.25) is 0 Å². The molecule has 1 aliphatic rings. The number of benzene rings is 1. The number of hydrogen-bond acceptors (Lipinski definition) is 4. The monoisotopic (exact) mass is 293 g/mol. The van der Waals surface area contributed by atoms with Crippen molar-refractivity contribution in [1.82, 2.24) is 4.90 Å². The van der Waals surface area contributed by atoms with E-state index in [9.17, 15) is 14.2 Å². The van der Waals surface area contributed by atoms with Crippen LogP contribution in [0.1, 0.15) is 27.6 Å². The number of amides is 2. The predicted molar refractivity (Wildman–Crippen MR) is 76.1 cm³/mol. The van der Waals surface area contributed by atoms with Gasteiger partial charge in [-0.3, -0.25) is 19.1 Å². The highest BCUT2D eigenvalue weighted by Crippen LogP contribution is 2.43. The van der Waals surface area contributed by atoms with Gasteiger partial charge in [-0.05, 0) is 24.9 Å². The van der Waals surface area contributed by atoms with E-state index in [1.807, 2.05) is 0 Å². The van der Waals surface area contributed by atoms with E-state index in [0.29, 0.717) is 17.7 Å². The minimum absolute atomic E-state index is 0.0945. The number of carbonyl (C=O) groups excluding carboxylic acids is 2. The molecule has 0 aromatic heterocycles. The summed E-state index contributed by atoms with van der Waals surface area (Å²) in [5, 5.41) is 0. The summed E-state index contributed by atoms with van der Waals surface area (Å²) in [5.41, 5.74) is 0.825. The van der Waals surface area contributed by atoms with Crippen molar-refractivity contribution in [3.63, 3.8) is 0 Å². The van der Waals surface area contributed by atoms with Crippen molar-refractivity contribution in [3.8, 4) is 0 Å². The maximum absolute atomic E-state index is 12.1. The topological polar surface area (TPSA) is 63.7 Å². The third-order valence-electron chi connectivity index (χ3n) is 2.93. The minimum atomic E-state index is -2.79. The van der Waals surface area contributed by atoms with Crippen molar-refractivity contribution in [2.24, 2.45) is 0 Å². The fourth-order valence-corrected chi connectivity index (χ4v) is 3.12. The minimum Gasteiger partial charge on any atom is -0.326 e. The van der Waals surface area contributed by atoms with Gasteiger partial charge in [-0.1, -0.05) is 18.2 Å². The molecule has 0 saturated heterocycles. The van der Waals surface area contributed by atoms with Gasteiger partial charge in [-0.15, -0.1) is 0 Å². The van der Waals surface area contributed by atoms with Gasteiger partial charge in [0.15, 0.2) is 0 Å². The molecule has 0 radical (unpaired) electrons. The van der Waals surface area contributed by atoms with Gasteiger partial charge in [0, 0.05) is 13.2 Å². The van der Waals surface area contributed by atoms with E-state index >= 15 is 0 Å². The Labute approximate surface area is 117 Å². The van der Waals surface area contributed by atoms with Crippen LogP contribution in [-0.2, 0) is 9.09 Å². The fourth-order valence-electron chi connectivity index (χ4n) is 2.05. The molecule has 0 fully saturated rings. The number of hydrogen-bond donors (Lipinski definition) is 0. The molecule has 2 rings (SSSR count). The van der Waals surface area contributed by atoms with Crippen molar-refractivity contribution >= 4 is 19.2 Å². The summed E-state index contributed by atoms with van der Waals surface area (Å²) in [5.74, 6) is 0.787. The smallest absolute Gasteiger partial charge is 0.261 e. The van der Waals surface area contributed by atoms with Crippen molar-refractivity contribution < 1.29 is 18.7 Å². The van der Waals surface area contributed by atoms with Crippen LogP contribution in [-0.4, -0.2) is 36.5 Å². The Bertz CT molecular complexity index is 588. The van der Waals surface area contributed by atoms with Gasteiger partial charge >= 0.3 is 0 Å². The average Bonchev–Trinajstić information content (AvgIpc) is 2.64. The number of fused-ring (bicyclic) bond motifs is 1. The Hall–Kier alpha value is -1.71. The van der Waals surface area contributed by atoms with Crippen molar-refractivity contribution in [2.45, 2.75) is 6.92 Å². The Balaban J connectivity index is 2.10. The van der Waals surface area contributed by atoms with E-state index in [1.54, 1.807) is 31.2 Å². The van der Waals surface area contributed by atoms with Gasteiger partial charge < -0.3 is 4.52 Å². The molecule has 5 nitrogen and oxygen atoms in total. The standard InChI is InChI=1S/C14H16NO4P/c1-3-19-20(2,18)10-6-9-15-13(16)11-7-4-5-8-12(11)14(15)17/h4-8,10H,3,9H2,1-2H3/b10-6+. The SMILES string of the molecule is CCOP(C)(=O)/C=C/CN1C(=O)c2ccccc2C1=O. The van der Waals surface area contributed by atoms with E-state index in [1.165, 1.54) is 18.6 Å². The average molecular weight is 293 g/mol. The molecule has 0 bridgehead atoms. The molecular formula is C14H16NO4P. The van der Waals surface area contributed by atoms with E-state index in [-0.39, 0.29) is 18.4 Å². The Morgan fingerprint density at radius 1 is 1.20 bits per heavy atom. The molecule has 106 valence electrons. The molecule has 1 aliphatic heterocycles. The molecule has 0 spiro atoms. The second-order valence-corrected chi connectivity index (χ2v) is 6.85. The molecule has 1 aromatic rings. The zero-order valence-corrected chi connectivity index (χ0v) is 12.3. The molecule has 6 heteroatoms. The Morgan fingerprint density at radius 3 is 2.25 bits per heavy atom. The molecule has 0 saturated carbocycles. The van der Waals surface area contributed by atoms with Gasteiger partial charge in [0.05, 0.1) is 17.7 Å². The highest BCUT2D eigenvalue weighted by atomic mass is 31.2. The van der Waals surface area contributed by atoms with Gasteiger partial charge in [-0.2, -0.15) is 0 Å². The van der Waals surface area contributed by atoms with Gasteiger partial charge in [0.2, 0.25) is 7.37 Å². The number of carbonyl (C=O) groups is 2. The first kappa shape index (κ1) is 14.7. The lowest BCUT2D eigenvalue weighted by molar-refractivity contribution is 0.0672. The molecule has 1 aromatic carbocycles. The second kappa shape index (κ2) is 5.73. The van der Waals surface area contributed by atoms with Crippen molar-refractivity contribution in [1.29, 1.82) is 0 Å². The Morgan fingerprint density at radius 2 is 1.75 bits per heavy atom. The summed E-state index contributed by atoms with van der Waals surface area (Å²) in [7, 11) is -2.79. The van der Waals surface area contributed by atoms with Crippen LogP contribution in [0.4, 0.5) is 0 Å². The normalized spacial score (nSPS) is 17.6. The maximum Gasteiger partial charge on any atom is 0.261 e. The van der Waals surface area contributed by atoms with E-state index in [0.717, 1.165) is 4.90 Å². The summed E-state index contributed by atoms with van der Waals surface area (Å²) < 4.78 is 17.0. The zero-order chi connectivity index (χ0) is 14.8. The highest BCUT2D eigenvalue weighted by molar-refractivity contribution is 7.61. The van der Waals surface area contributed by atoms with Crippen LogP contribution in [0.3, 0.4) is 0 Å². The summed E-state index contributed by atoms with van der Waals surface area (Å²) in [6, 6.07) is 6.70. The van der Waals surface area contributed by atoms with E-state index in [4.69, 9.17) is 4.52 Å². The third kappa shape index (κ3) is 2.89. The molecule has 2 amide bonds. The molecule has 1 heterocycles. The first-order valence-corrected chi connectivity index (χ1v) is 8.45. The van der Waals surface area contributed by atoms with Crippen molar-refractivity contribution in [3.05, 3.63) is 47.3 Å². The van der Waals surface area contributed by atoms with Crippen LogP contribution in [0.15, 0.2) is 36.2 Å². The highest BCUT2D eigenvalue weighted by Gasteiger charge is 2.34. The lowest BCUT2D eigenvalue weighted by Crippen LogP contribution is -2.29. The fraction of sp³-hybridized carbons (Fsp3) is 0.286. The maximum atomic E-state index is 12.1. The third-order valence-corrected chi connectivity index (χ3v) is 4.45. The molecule has 0 aliphatic carbocycles. The molecule has 0 N–H and O–H groups in total. The zero-order valence-electron chi connectivity index (χ0n) is 11.4. The van der Waals surface area contributed by atoms with Crippen molar-refractivity contribution in [2.75, 3.05) is 19.8 Å². The van der Waals surface area contributed by atoms with Gasteiger partial charge in [0.1, 0.15) is 0 Å². The van der Waals surface area contributed by atoms with E-state index < -0.39 is 7.37 Å². The quantitative estimate of drug-likeness (QED) is 0.618. The van der Waals surface area contributed by atoms with Crippen LogP contribution in [0.25, 0.3) is 0 Å². The number of rotatable bonds is 5. The largest absolute Gasteiger partial charge is 0.326 e. The first-order chi connectivity index (χ1) is 9.46. The molecule has 1 atom stereocenters. The lowest BCUT2D eigenvalue weighted by Gasteiger charge is -2.11. The summed E-state index contributed by atoms with van der Waals surface area (Å²) in [6.45, 7) is 3.70. The molecule has 20 heavy (non-hydrogen) atoms. The predicted octanol–water partition coefficient (Wildman–Crippen LogP) is 2.74. The number of imide groups is 1. The van der Waals surface area contributed by atoms with Crippen LogP contribution < -0.4 is 0 Å². The first-order valence-electron chi connectivity index (χ1n) is 6.31. The summed E-state index contributed by atoms with van der Waals surface area (Å²) in [4.78, 5) is 25.3. The van der Waals surface area contributed by atoms with E-state index in [2.05, 4.69) is 0 Å². The lowest BCUT2D eigenvalue weighted by atomic mass is 10.1. The van der Waals surface area contributed by atoms with Crippen LogP contribution >= 0.6 is 7.37 Å². The molecule has 1 unspecified atom stereocenters.